The van der Waals surface area contributed by atoms with Gasteiger partial charge in [-0.3, -0.25) is 0 Å². The van der Waals surface area contributed by atoms with Crippen LogP contribution in [0.4, 0.5) is 5.69 Å². The van der Waals surface area contributed by atoms with E-state index >= 15 is 0 Å². The summed E-state index contributed by atoms with van der Waals surface area (Å²) in [6.07, 6.45) is 4.80. The van der Waals surface area contributed by atoms with E-state index in [0.29, 0.717) is 11.5 Å². The summed E-state index contributed by atoms with van der Waals surface area (Å²) >= 11 is 0. The highest BCUT2D eigenvalue weighted by Crippen LogP contribution is 2.19. The van der Waals surface area contributed by atoms with Gasteiger partial charge in [-0.15, -0.1) is 0 Å². The number of hydrogen-bond donors (Lipinski definition) is 4. The SMILES string of the molecule is C=C(NC(C)(C)C)c1cccc(N/C(N)=C/C=C(\N)c2ccccc2)c1.CC.CC.CCC. The quantitative estimate of drug-likeness (QED) is 0.338. The van der Waals surface area contributed by atoms with Crippen molar-refractivity contribution in [1.82, 2.24) is 5.32 Å². The average molecular weight is 453 g/mol. The summed E-state index contributed by atoms with van der Waals surface area (Å²) in [6, 6.07) is 17.7. The number of allylic oxidation sites excluding steroid dienone is 2. The number of anilines is 1. The van der Waals surface area contributed by atoms with Crippen LogP contribution in [0.25, 0.3) is 11.4 Å². The minimum absolute atomic E-state index is 0.0425. The Morgan fingerprint density at radius 1 is 0.848 bits per heavy atom. The molecule has 2 rings (SSSR count). The van der Waals surface area contributed by atoms with Crippen molar-refractivity contribution >= 4 is 17.1 Å². The molecule has 0 amide bonds. The molecule has 6 N–H and O–H groups in total. The van der Waals surface area contributed by atoms with Gasteiger partial charge in [0, 0.05) is 22.6 Å². The van der Waals surface area contributed by atoms with Crippen molar-refractivity contribution in [2.24, 2.45) is 11.5 Å². The van der Waals surface area contributed by atoms with E-state index in [1.807, 2.05) is 82.3 Å². The molecule has 0 radical (unpaired) electrons. The molecule has 0 atom stereocenters. The number of benzene rings is 2. The molecule has 0 spiro atoms. The largest absolute Gasteiger partial charge is 0.398 e. The zero-order chi connectivity index (χ0) is 25.9. The first-order valence-corrected chi connectivity index (χ1v) is 12.0. The lowest BCUT2D eigenvalue weighted by Gasteiger charge is -2.24. The summed E-state index contributed by atoms with van der Waals surface area (Å²) in [7, 11) is 0. The lowest BCUT2D eigenvalue weighted by molar-refractivity contribution is 0.502. The van der Waals surface area contributed by atoms with Crippen LogP contribution in [0.5, 0.6) is 0 Å². The summed E-state index contributed by atoms with van der Waals surface area (Å²) in [6.45, 7) is 22.7. The van der Waals surface area contributed by atoms with Crippen LogP contribution >= 0.6 is 0 Å². The van der Waals surface area contributed by atoms with Crippen LogP contribution in [0.2, 0.25) is 0 Å². The molecule has 2 aromatic rings. The van der Waals surface area contributed by atoms with Gasteiger partial charge in [0.05, 0.1) is 0 Å². The lowest BCUT2D eigenvalue weighted by atomic mass is 10.1. The molecule has 0 bridgehead atoms. The molecule has 0 saturated carbocycles. The summed E-state index contributed by atoms with van der Waals surface area (Å²) < 4.78 is 0. The molecule has 33 heavy (non-hydrogen) atoms. The van der Waals surface area contributed by atoms with Gasteiger partial charge in [0.1, 0.15) is 5.82 Å². The molecule has 4 heteroatoms. The molecule has 0 unspecified atom stereocenters. The van der Waals surface area contributed by atoms with Crippen LogP contribution in [0.15, 0.2) is 79.1 Å². The van der Waals surface area contributed by atoms with Gasteiger partial charge in [0.25, 0.3) is 0 Å². The van der Waals surface area contributed by atoms with Gasteiger partial charge in [-0.2, -0.15) is 0 Å². The Morgan fingerprint density at radius 3 is 1.88 bits per heavy atom. The first-order chi connectivity index (χ1) is 15.7. The van der Waals surface area contributed by atoms with E-state index in [9.17, 15) is 0 Å². The molecule has 0 aliphatic heterocycles. The fraction of sp³-hybridized carbons (Fsp3) is 0.379. The molecule has 0 saturated heterocycles. The van der Waals surface area contributed by atoms with Gasteiger partial charge in [-0.1, -0.05) is 97.0 Å². The highest BCUT2D eigenvalue weighted by molar-refractivity contribution is 5.67. The van der Waals surface area contributed by atoms with Crippen LogP contribution in [-0.2, 0) is 0 Å². The topological polar surface area (TPSA) is 76.1 Å². The third-order valence-electron chi connectivity index (χ3n) is 3.58. The van der Waals surface area contributed by atoms with E-state index in [-0.39, 0.29) is 5.54 Å². The molecular weight excluding hydrogens is 404 g/mol. The third-order valence-corrected chi connectivity index (χ3v) is 3.58. The Bertz CT molecular complexity index is 828. The normalized spacial score (nSPS) is 10.8. The van der Waals surface area contributed by atoms with Gasteiger partial charge >= 0.3 is 0 Å². The van der Waals surface area contributed by atoms with Crippen molar-refractivity contribution < 1.29 is 0 Å². The number of rotatable bonds is 6. The van der Waals surface area contributed by atoms with Crippen LogP contribution in [0.3, 0.4) is 0 Å². The zero-order valence-electron chi connectivity index (χ0n) is 22.4. The van der Waals surface area contributed by atoms with Crippen molar-refractivity contribution in [2.45, 2.75) is 74.3 Å². The lowest BCUT2D eigenvalue weighted by Crippen LogP contribution is -2.33. The average Bonchev–Trinajstić information content (AvgIpc) is 2.80. The van der Waals surface area contributed by atoms with E-state index in [2.05, 4.69) is 51.8 Å². The Balaban J connectivity index is 0. The van der Waals surface area contributed by atoms with Crippen LogP contribution < -0.4 is 22.1 Å². The first-order valence-electron chi connectivity index (χ1n) is 12.0. The molecule has 184 valence electrons. The molecular formula is C29H48N4. The predicted octanol–water partition coefficient (Wildman–Crippen LogP) is 7.73. The van der Waals surface area contributed by atoms with Crippen molar-refractivity contribution in [1.29, 1.82) is 0 Å². The van der Waals surface area contributed by atoms with Crippen molar-refractivity contribution in [3.05, 3.63) is 90.3 Å². The molecule has 0 aliphatic carbocycles. The maximum Gasteiger partial charge on any atom is 0.101 e. The number of hydrogen-bond acceptors (Lipinski definition) is 4. The smallest absolute Gasteiger partial charge is 0.101 e. The molecule has 0 aromatic heterocycles. The highest BCUT2D eigenvalue weighted by atomic mass is 15.0. The summed E-state index contributed by atoms with van der Waals surface area (Å²) in [5, 5.41) is 6.56. The molecule has 0 aliphatic rings. The molecule has 0 heterocycles. The monoisotopic (exact) mass is 452 g/mol. The van der Waals surface area contributed by atoms with Crippen LogP contribution in [-0.4, -0.2) is 5.54 Å². The summed E-state index contributed by atoms with van der Waals surface area (Å²) in [4.78, 5) is 0. The van der Waals surface area contributed by atoms with Crippen molar-refractivity contribution in [3.63, 3.8) is 0 Å². The summed E-state index contributed by atoms with van der Waals surface area (Å²) in [5.74, 6) is 0.510. The van der Waals surface area contributed by atoms with Gasteiger partial charge in [0.15, 0.2) is 0 Å². The number of nitrogens with two attached hydrogens (primary N) is 2. The Kier molecular flexibility index (Phi) is 17.9. The molecule has 0 fully saturated rings. The second-order valence-corrected chi connectivity index (χ2v) is 7.88. The molecule has 2 aromatic carbocycles. The fourth-order valence-corrected chi connectivity index (χ4v) is 2.42. The van der Waals surface area contributed by atoms with Crippen LogP contribution in [0, 0.1) is 0 Å². The standard InChI is InChI=1S/C22H28N4.C3H8.2C2H6/c1-16(26-22(2,3)4)18-11-8-12-19(15-18)25-21(24)14-13-20(23)17-9-6-5-7-10-17;1-3-2;2*1-2/h5-15,25-26H,1,23-24H2,2-4H3;3H2,1-2H3;2*1-2H3/b20-13-,21-14+;;;. The Hall–Kier alpha value is -3.14. The van der Waals surface area contributed by atoms with Crippen LogP contribution in [0.1, 0.15) is 79.9 Å². The van der Waals surface area contributed by atoms with Crippen molar-refractivity contribution in [2.75, 3.05) is 5.32 Å². The van der Waals surface area contributed by atoms with Gasteiger partial charge in [0.2, 0.25) is 0 Å². The predicted molar refractivity (Wildman–Crippen MR) is 152 cm³/mol. The summed E-state index contributed by atoms with van der Waals surface area (Å²) in [5.41, 5.74) is 16.5. The third kappa shape index (κ3) is 15.3. The first kappa shape index (κ1) is 32.0. The van der Waals surface area contributed by atoms with E-state index in [4.69, 9.17) is 11.5 Å². The van der Waals surface area contributed by atoms with Crippen molar-refractivity contribution in [3.8, 4) is 0 Å². The maximum atomic E-state index is 6.07. The Morgan fingerprint density at radius 2 is 1.36 bits per heavy atom. The van der Waals surface area contributed by atoms with E-state index in [1.165, 1.54) is 6.42 Å². The molecule has 4 nitrogen and oxygen atoms in total. The minimum atomic E-state index is -0.0425. The minimum Gasteiger partial charge on any atom is -0.398 e. The van der Waals surface area contributed by atoms with Gasteiger partial charge in [-0.05, 0) is 56.2 Å². The zero-order valence-corrected chi connectivity index (χ0v) is 22.4. The van der Waals surface area contributed by atoms with E-state index < -0.39 is 0 Å². The second kappa shape index (κ2) is 18.4. The van der Waals surface area contributed by atoms with E-state index in [1.54, 1.807) is 12.2 Å². The van der Waals surface area contributed by atoms with E-state index in [0.717, 1.165) is 22.5 Å². The van der Waals surface area contributed by atoms with Gasteiger partial charge in [-0.25, -0.2) is 0 Å². The number of nitrogens with one attached hydrogen (secondary N) is 2. The maximum absolute atomic E-state index is 6.07. The van der Waals surface area contributed by atoms with Gasteiger partial charge < -0.3 is 22.1 Å². The Labute approximate surface area is 203 Å². The second-order valence-electron chi connectivity index (χ2n) is 7.88. The highest BCUT2D eigenvalue weighted by Gasteiger charge is 2.11. The fourth-order valence-electron chi connectivity index (χ4n) is 2.42.